The lowest BCUT2D eigenvalue weighted by atomic mass is 10.00. The van der Waals surface area contributed by atoms with E-state index in [0.29, 0.717) is 17.4 Å². The molecule has 0 spiro atoms. The molecule has 1 atom stereocenters. The van der Waals surface area contributed by atoms with Crippen molar-refractivity contribution in [1.29, 1.82) is 0 Å². The minimum absolute atomic E-state index is 0.397. The maximum Gasteiger partial charge on any atom is 0.240 e. The summed E-state index contributed by atoms with van der Waals surface area (Å²) in [6, 6.07) is 5.44. The molecule has 0 aliphatic heterocycles. The van der Waals surface area contributed by atoms with Crippen LogP contribution in [0.5, 0.6) is 0 Å². The van der Waals surface area contributed by atoms with Gasteiger partial charge in [-0.15, -0.1) is 0 Å². The van der Waals surface area contributed by atoms with E-state index in [1.54, 1.807) is 6.07 Å². The molecule has 20 heavy (non-hydrogen) atoms. The zero-order valence-corrected chi connectivity index (χ0v) is 13.9. The van der Waals surface area contributed by atoms with E-state index in [9.17, 15) is 8.42 Å². The van der Waals surface area contributed by atoms with Gasteiger partial charge in [0, 0.05) is 6.54 Å². The Bertz CT molecular complexity index is 523. The van der Waals surface area contributed by atoms with Crippen LogP contribution in [-0.2, 0) is 10.0 Å². The van der Waals surface area contributed by atoms with Crippen LogP contribution in [0.2, 0.25) is 0 Å². The van der Waals surface area contributed by atoms with Gasteiger partial charge in [-0.05, 0) is 37.8 Å². The van der Waals surface area contributed by atoms with Crippen molar-refractivity contribution in [3.63, 3.8) is 0 Å². The van der Waals surface area contributed by atoms with Crippen LogP contribution in [0.25, 0.3) is 0 Å². The first kappa shape index (κ1) is 17.2. The van der Waals surface area contributed by atoms with Gasteiger partial charge >= 0.3 is 0 Å². The van der Waals surface area contributed by atoms with Gasteiger partial charge in [0.2, 0.25) is 10.0 Å². The van der Waals surface area contributed by atoms with Crippen molar-refractivity contribution in [2.24, 2.45) is 5.92 Å². The molecule has 0 bridgehead atoms. The van der Waals surface area contributed by atoms with Crippen molar-refractivity contribution < 1.29 is 8.42 Å². The molecule has 1 aromatic rings. The van der Waals surface area contributed by atoms with Gasteiger partial charge in [0.15, 0.2) is 0 Å². The lowest BCUT2D eigenvalue weighted by molar-refractivity contribution is 0.443. The average molecular weight is 297 g/mol. The molecule has 0 aliphatic carbocycles. The second kappa shape index (κ2) is 7.79. The molecule has 1 rings (SSSR count). The van der Waals surface area contributed by atoms with Crippen molar-refractivity contribution in [3.8, 4) is 0 Å². The molecular weight excluding hydrogens is 270 g/mol. The van der Waals surface area contributed by atoms with Crippen LogP contribution in [0.3, 0.4) is 0 Å². The topological polar surface area (TPSA) is 46.2 Å². The Kier molecular flexibility index (Phi) is 6.69. The van der Waals surface area contributed by atoms with E-state index in [2.05, 4.69) is 18.6 Å². The fourth-order valence-electron chi connectivity index (χ4n) is 2.35. The Morgan fingerprint density at radius 1 is 1.20 bits per heavy atom. The minimum Gasteiger partial charge on any atom is -0.211 e. The van der Waals surface area contributed by atoms with Gasteiger partial charge in [0.05, 0.1) is 4.90 Å². The summed E-state index contributed by atoms with van der Waals surface area (Å²) in [4.78, 5) is 0.397. The molecule has 0 saturated heterocycles. The Morgan fingerprint density at radius 2 is 1.90 bits per heavy atom. The normalized spacial score (nSPS) is 13.4. The smallest absolute Gasteiger partial charge is 0.211 e. The molecule has 1 N–H and O–H groups in total. The molecular formula is C16H27NO2S. The first-order chi connectivity index (χ1) is 9.40. The number of hydrogen-bond acceptors (Lipinski definition) is 2. The third-order valence-corrected chi connectivity index (χ3v) is 5.31. The van der Waals surface area contributed by atoms with Crippen LogP contribution in [0.1, 0.15) is 50.7 Å². The number of unbranched alkanes of at least 4 members (excludes halogenated alkanes) is 1. The van der Waals surface area contributed by atoms with Crippen molar-refractivity contribution >= 4 is 10.0 Å². The Morgan fingerprint density at radius 3 is 2.45 bits per heavy atom. The van der Waals surface area contributed by atoms with Crippen molar-refractivity contribution in [3.05, 3.63) is 29.3 Å². The lowest BCUT2D eigenvalue weighted by Crippen LogP contribution is -2.29. The van der Waals surface area contributed by atoms with Crippen LogP contribution in [0.15, 0.2) is 23.1 Å². The Balaban J connectivity index is 2.74. The number of nitrogens with one attached hydrogen (secondary N) is 1. The summed E-state index contributed by atoms with van der Waals surface area (Å²) >= 11 is 0. The number of rotatable bonds is 8. The van der Waals surface area contributed by atoms with Crippen molar-refractivity contribution in [2.75, 3.05) is 6.54 Å². The fraction of sp³-hybridized carbons (Fsp3) is 0.625. The SMILES string of the molecule is CCCCC(CC)CNS(=O)(=O)c1ccc(C)cc1C. The monoisotopic (exact) mass is 297 g/mol. The number of aryl methyl sites for hydroxylation is 2. The highest BCUT2D eigenvalue weighted by molar-refractivity contribution is 7.89. The molecule has 3 nitrogen and oxygen atoms in total. The third-order valence-electron chi connectivity index (χ3n) is 3.73. The van der Waals surface area contributed by atoms with Crippen molar-refractivity contribution in [2.45, 2.75) is 58.3 Å². The second-order valence-electron chi connectivity index (χ2n) is 5.54. The van der Waals surface area contributed by atoms with Crippen LogP contribution in [0, 0.1) is 19.8 Å². The molecule has 4 heteroatoms. The number of benzene rings is 1. The first-order valence-corrected chi connectivity index (χ1v) is 8.96. The van der Waals surface area contributed by atoms with E-state index in [1.807, 2.05) is 26.0 Å². The van der Waals surface area contributed by atoms with Gasteiger partial charge in [-0.25, -0.2) is 13.1 Å². The van der Waals surface area contributed by atoms with E-state index in [4.69, 9.17) is 0 Å². The van der Waals surface area contributed by atoms with E-state index < -0.39 is 10.0 Å². The quantitative estimate of drug-likeness (QED) is 0.793. The summed E-state index contributed by atoms with van der Waals surface area (Å²) in [5.74, 6) is 0.426. The molecule has 0 fully saturated rings. The predicted molar refractivity (Wildman–Crippen MR) is 84.4 cm³/mol. The molecule has 0 amide bonds. The Labute approximate surface area is 123 Å². The molecule has 0 aromatic heterocycles. The second-order valence-corrected chi connectivity index (χ2v) is 7.27. The summed E-state index contributed by atoms with van der Waals surface area (Å²) in [6.45, 7) is 8.62. The van der Waals surface area contributed by atoms with Crippen molar-refractivity contribution in [1.82, 2.24) is 4.72 Å². The zero-order valence-electron chi connectivity index (χ0n) is 13.1. The molecule has 0 saturated carbocycles. The first-order valence-electron chi connectivity index (χ1n) is 7.47. The van der Waals surface area contributed by atoms with Gasteiger partial charge in [-0.1, -0.05) is 50.8 Å². The fourth-order valence-corrected chi connectivity index (χ4v) is 3.69. The summed E-state index contributed by atoms with van der Waals surface area (Å²) in [5, 5.41) is 0. The van der Waals surface area contributed by atoms with Crippen LogP contribution in [0.4, 0.5) is 0 Å². The van der Waals surface area contributed by atoms with E-state index in [1.165, 1.54) is 0 Å². The van der Waals surface area contributed by atoms with Crippen LogP contribution in [-0.4, -0.2) is 15.0 Å². The molecule has 1 unspecified atom stereocenters. The number of sulfonamides is 1. The third kappa shape index (κ3) is 4.91. The van der Waals surface area contributed by atoms with Gasteiger partial charge < -0.3 is 0 Å². The predicted octanol–water partition coefficient (Wildman–Crippen LogP) is 3.80. The molecule has 0 aliphatic rings. The van der Waals surface area contributed by atoms with E-state index in [-0.39, 0.29) is 0 Å². The maximum atomic E-state index is 12.3. The largest absolute Gasteiger partial charge is 0.240 e. The molecule has 1 aromatic carbocycles. The van der Waals surface area contributed by atoms with Crippen LogP contribution >= 0.6 is 0 Å². The van der Waals surface area contributed by atoms with Crippen LogP contribution < -0.4 is 4.72 Å². The van der Waals surface area contributed by atoms with E-state index >= 15 is 0 Å². The van der Waals surface area contributed by atoms with Gasteiger partial charge in [-0.2, -0.15) is 0 Å². The highest BCUT2D eigenvalue weighted by atomic mass is 32.2. The highest BCUT2D eigenvalue weighted by Crippen LogP contribution is 2.17. The molecule has 0 radical (unpaired) electrons. The number of hydrogen-bond donors (Lipinski definition) is 1. The maximum absolute atomic E-state index is 12.3. The zero-order chi connectivity index (χ0) is 15.2. The average Bonchev–Trinajstić information content (AvgIpc) is 2.38. The van der Waals surface area contributed by atoms with Gasteiger partial charge in [0.1, 0.15) is 0 Å². The molecule has 0 heterocycles. The van der Waals surface area contributed by atoms with E-state index in [0.717, 1.165) is 36.8 Å². The van der Waals surface area contributed by atoms with Gasteiger partial charge in [-0.3, -0.25) is 0 Å². The summed E-state index contributed by atoms with van der Waals surface area (Å²) in [6.07, 6.45) is 4.40. The highest BCUT2D eigenvalue weighted by Gasteiger charge is 2.18. The molecule has 114 valence electrons. The lowest BCUT2D eigenvalue weighted by Gasteiger charge is -2.16. The minimum atomic E-state index is -3.39. The van der Waals surface area contributed by atoms with Gasteiger partial charge in [0.25, 0.3) is 0 Å². The standard InChI is InChI=1S/C16H27NO2S/c1-5-7-8-15(6-2)12-17-20(18,19)16-10-9-13(3)11-14(16)4/h9-11,15,17H,5-8,12H2,1-4H3. The summed E-state index contributed by atoms with van der Waals surface area (Å²) in [7, 11) is -3.39. The summed E-state index contributed by atoms with van der Waals surface area (Å²) < 4.78 is 27.5. The Hall–Kier alpha value is -0.870. The summed E-state index contributed by atoms with van der Waals surface area (Å²) in [5.41, 5.74) is 1.88.